The van der Waals surface area contributed by atoms with Crippen molar-refractivity contribution in [3.05, 3.63) is 48.0 Å². The lowest BCUT2D eigenvalue weighted by Crippen LogP contribution is -2.16. The van der Waals surface area contributed by atoms with Gasteiger partial charge in [-0.3, -0.25) is 4.79 Å². The van der Waals surface area contributed by atoms with Gasteiger partial charge in [0.15, 0.2) is 18.1 Å². The molecule has 7 nitrogen and oxygen atoms in total. The molecule has 0 bridgehead atoms. The number of methoxy groups -OCH3 is 2. The molecule has 1 N–H and O–H groups in total. The Morgan fingerprint density at radius 3 is 2.44 bits per heavy atom. The van der Waals surface area contributed by atoms with Gasteiger partial charge in [-0.15, -0.1) is 0 Å². The van der Waals surface area contributed by atoms with Gasteiger partial charge in [0.25, 0.3) is 5.91 Å². The molecule has 0 fully saturated rings. The van der Waals surface area contributed by atoms with Crippen LogP contribution in [0, 0.1) is 0 Å². The van der Waals surface area contributed by atoms with Gasteiger partial charge in [0.2, 0.25) is 0 Å². The van der Waals surface area contributed by atoms with Gasteiger partial charge < -0.3 is 24.4 Å². The number of rotatable bonds is 9. The second-order valence-electron chi connectivity index (χ2n) is 5.86. The summed E-state index contributed by atoms with van der Waals surface area (Å²) < 4.78 is 16.0. The smallest absolute Gasteiger partial charge is 0.265 e. The molecule has 1 amide bonds. The SMILES string of the molecule is COc1ccc(NC(=O)CO/N=C\c2ccc(OC(C)C)c(OC)c2)cc1. The van der Waals surface area contributed by atoms with E-state index < -0.39 is 0 Å². The summed E-state index contributed by atoms with van der Waals surface area (Å²) in [5.74, 6) is 1.67. The number of benzene rings is 2. The van der Waals surface area contributed by atoms with E-state index in [9.17, 15) is 4.79 Å². The Hall–Kier alpha value is -3.22. The molecular formula is C20H24N2O5. The molecule has 144 valence electrons. The number of amides is 1. The molecule has 0 spiro atoms. The number of hydrogen-bond donors (Lipinski definition) is 1. The van der Waals surface area contributed by atoms with Crippen LogP contribution >= 0.6 is 0 Å². The fourth-order valence-electron chi connectivity index (χ4n) is 2.18. The third-order valence-electron chi connectivity index (χ3n) is 3.40. The summed E-state index contributed by atoms with van der Waals surface area (Å²) in [6, 6.07) is 12.4. The van der Waals surface area contributed by atoms with Crippen LogP contribution in [-0.2, 0) is 9.63 Å². The molecule has 27 heavy (non-hydrogen) atoms. The van der Waals surface area contributed by atoms with Crippen LogP contribution in [0.4, 0.5) is 5.69 Å². The van der Waals surface area contributed by atoms with E-state index in [1.807, 2.05) is 19.9 Å². The number of oxime groups is 1. The highest BCUT2D eigenvalue weighted by molar-refractivity contribution is 5.91. The topological polar surface area (TPSA) is 78.4 Å². The third-order valence-corrected chi connectivity index (χ3v) is 3.40. The molecule has 2 aromatic carbocycles. The highest BCUT2D eigenvalue weighted by Gasteiger charge is 2.07. The average molecular weight is 372 g/mol. The molecule has 0 saturated carbocycles. The van der Waals surface area contributed by atoms with Crippen LogP contribution < -0.4 is 19.5 Å². The van der Waals surface area contributed by atoms with E-state index in [1.54, 1.807) is 50.6 Å². The van der Waals surface area contributed by atoms with Gasteiger partial charge in [-0.25, -0.2) is 0 Å². The summed E-state index contributed by atoms with van der Waals surface area (Å²) in [6.45, 7) is 3.69. The second-order valence-corrected chi connectivity index (χ2v) is 5.86. The van der Waals surface area contributed by atoms with Crippen LogP contribution in [0.2, 0.25) is 0 Å². The first kappa shape index (κ1) is 20.1. The van der Waals surface area contributed by atoms with E-state index >= 15 is 0 Å². The van der Waals surface area contributed by atoms with Gasteiger partial charge in [-0.05, 0) is 56.3 Å². The van der Waals surface area contributed by atoms with Crippen LogP contribution in [0.1, 0.15) is 19.4 Å². The summed E-state index contributed by atoms with van der Waals surface area (Å²) in [5.41, 5.74) is 1.41. The average Bonchev–Trinajstić information content (AvgIpc) is 2.66. The van der Waals surface area contributed by atoms with Crippen molar-refractivity contribution in [2.75, 3.05) is 26.1 Å². The molecule has 0 aromatic heterocycles. The van der Waals surface area contributed by atoms with Gasteiger partial charge in [0, 0.05) is 11.3 Å². The van der Waals surface area contributed by atoms with E-state index in [0.717, 1.165) is 5.56 Å². The lowest BCUT2D eigenvalue weighted by atomic mass is 10.2. The first-order chi connectivity index (χ1) is 13.0. The summed E-state index contributed by atoms with van der Waals surface area (Å²) in [4.78, 5) is 16.9. The van der Waals surface area contributed by atoms with Crippen molar-refractivity contribution >= 4 is 17.8 Å². The quantitative estimate of drug-likeness (QED) is 0.539. The predicted molar refractivity (Wildman–Crippen MR) is 104 cm³/mol. The highest BCUT2D eigenvalue weighted by Crippen LogP contribution is 2.28. The molecule has 0 aliphatic carbocycles. The highest BCUT2D eigenvalue weighted by atomic mass is 16.6. The minimum atomic E-state index is -0.310. The van der Waals surface area contributed by atoms with Crippen LogP contribution in [-0.4, -0.2) is 39.1 Å². The van der Waals surface area contributed by atoms with Crippen molar-refractivity contribution in [1.29, 1.82) is 0 Å². The minimum Gasteiger partial charge on any atom is -0.497 e. The molecule has 2 rings (SSSR count). The zero-order valence-electron chi connectivity index (χ0n) is 15.9. The summed E-state index contributed by atoms with van der Waals surface area (Å²) >= 11 is 0. The molecule has 0 saturated heterocycles. The molecular weight excluding hydrogens is 348 g/mol. The number of carbonyl (C=O) groups excluding carboxylic acids is 1. The molecule has 7 heteroatoms. The fourth-order valence-corrected chi connectivity index (χ4v) is 2.18. The Balaban J connectivity index is 1.84. The summed E-state index contributed by atoms with van der Waals surface area (Å²) in [5, 5.41) is 6.52. The largest absolute Gasteiger partial charge is 0.497 e. The molecule has 0 unspecified atom stereocenters. The monoisotopic (exact) mass is 372 g/mol. The van der Waals surface area contributed by atoms with E-state index in [-0.39, 0.29) is 18.6 Å². The number of anilines is 1. The van der Waals surface area contributed by atoms with Crippen molar-refractivity contribution in [1.82, 2.24) is 0 Å². The molecule has 2 aromatic rings. The maximum absolute atomic E-state index is 11.8. The van der Waals surface area contributed by atoms with E-state index in [4.69, 9.17) is 19.0 Å². The summed E-state index contributed by atoms with van der Waals surface area (Å²) in [7, 11) is 3.16. The number of nitrogens with zero attached hydrogens (tertiary/aromatic N) is 1. The Bertz CT molecular complexity index is 772. The number of nitrogens with one attached hydrogen (secondary N) is 1. The molecule has 0 heterocycles. The minimum absolute atomic E-state index is 0.0472. The Labute approximate surface area is 158 Å². The van der Waals surface area contributed by atoms with Gasteiger partial charge >= 0.3 is 0 Å². The van der Waals surface area contributed by atoms with Gasteiger partial charge in [-0.2, -0.15) is 0 Å². The standard InChI is InChI=1S/C20H24N2O5/c1-14(2)27-18-10-5-15(11-19(18)25-4)12-21-26-13-20(23)22-16-6-8-17(24-3)9-7-16/h5-12,14H,13H2,1-4H3,(H,22,23)/b21-12-. The van der Waals surface area contributed by atoms with E-state index in [1.165, 1.54) is 6.21 Å². The maximum Gasteiger partial charge on any atom is 0.265 e. The zero-order valence-corrected chi connectivity index (χ0v) is 15.9. The van der Waals surface area contributed by atoms with Crippen molar-refractivity contribution in [3.63, 3.8) is 0 Å². The van der Waals surface area contributed by atoms with Gasteiger partial charge in [0.1, 0.15) is 5.75 Å². The Morgan fingerprint density at radius 1 is 1.07 bits per heavy atom. The Morgan fingerprint density at radius 2 is 1.81 bits per heavy atom. The van der Waals surface area contributed by atoms with Gasteiger partial charge in [-0.1, -0.05) is 5.16 Å². The molecule has 0 atom stereocenters. The van der Waals surface area contributed by atoms with Crippen molar-refractivity contribution in [3.8, 4) is 17.2 Å². The van der Waals surface area contributed by atoms with Crippen LogP contribution in [0.5, 0.6) is 17.2 Å². The van der Waals surface area contributed by atoms with E-state index in [2.05, 4.69) is 10.5 Å². The fraction of sp³-hybridized carbons (Fsp3) is 0.300. The van der Waals surface area contributed by atoms with Crippen LogP contribution in [0.3, 0.4) is 0 Å². The molecule has 0 aliphatic rings. The lowest BCUT2D eigenvalue weighted by molar-refractivity contribution is -0.120. The maximum atomic E-state index is 11.8. The van der Waals surface area contributed by atoms with E-state index in [0.29, 0.717) is 22.9 Å². The lowest BCUT2D eigenvalue weighted by Gasteiger charge is -2.13. The summed E-state index contributed by atoms with van der Waals surface area (Å²) in [6.07, 6.45) is 1.55. The van der Waals surface area contributed by atoms with Crippen molar-refractivity contribution in [2.45, 2.75) is 20.0 Å². The van der Waals surface area contributed by atoms with Crippen molar-refractivity contribution in [2.24, 2.45) is 5.16 Å². The Kier molecular flexibility index (Phi) is 7.49. The normalized spacial score (nSPS) is 10.7. The van der Waals surface area contributed by atoms with Crippen LogP contribution in [0.15, 0.2) is 47.6 Å². The predicted octanol–water partition coefficient (Wildman–Crippen LogP) is 3.48. The van der Waals surface area contributed by atoms with Crippen LogP contribution in [0.25, 0.3) is 0 Å². The number of carbonyl (C=O) groups is 1. The van der Waals surface area contributed by atoms with Crippen molar-refractivity contribution < 1.29 is 23.8 Å². The molecule has 0 radical (unpaired) electrons. The zero-order chi connectivity index (χ0) is 19.6. The third kappa shape index (κ3) is 6.54. The number of hydrogen-bond acceptors (Lipinski definition) is 6. The first-order valence-electron chi connectivity index (χ1n) is 8.45. The molecule has 0 aliphatic heterocycles. The van der Waals surface area contributed by atoms with Gasteiger partial charge in [0.05, 0.1) is 26.5 Å². The number of ether oxygens (including phenoxy) is 3. The first-order valence-corrected chi connectivity index (χ1v) is 8.45. The second kappa shape index (κ2) is 10.1.